The topological polar surface area (TPSA) is 154 Å². The fraction of sp³-hybridized carbons (Fsp3) is 0.350. The first-order chi connectivity index (χ1) is 14.0. The first-order valence-corrected chi connectivity index (χ1v) is 9.07. The maximum absolute atomic E-state index is 13.6. The van der Waals surface area contributed by atoms with Gasteiger partial charge in [-0.15, -0.1) is 0 Å². The number of benzene rings is 1. The van der Waals surface area contributed by atoms with Crippen molar-refractivity contribution >= 4 is 23.4 Å². The average molecular weight is 419 g/mol. The van der Waals surface area contributed by atoms with E-state index in [1.165, 1.54) is 39.2 Å². The van der Waals surface area contributed by atoms with E-state index in [0.29, 0.717) is 11.1 Å². The van der Waals surface area contributed by atoms with E-state index in [-0.39, 0.29) is 28.7 Å². The van der Waals surface area contributed by atoms with Crippen molar-refractivity contribution in [1.82, 2.24) is 10.3 Å². The second-order valence-electron chi connectivity index (χ2n) is 7.30. The number of carbonyl (C=O) groups is 1. The zero-order valence-corrected chi connectivity index (χ0v) is 17.2. The molecule has 0 unspecified atom stereocenters. The van der Waals surface area contributed by atoms with Gasteiger partial charge in [0.05, 0.1) is 36.6 Å². The van der Waals surface area contributed by atoms with Crippen molar-refractivity contribution in [1.29, 1.82) is 5.41 Å². The van der Waals surface area contributed by atoms with Gasteiger partial charge in [0, 0.05) is 11.8 Å². The Balaban J connectivity index is 2.28. The van der Waals surface area contributed by atoms with Gasteiger partial charge >= 0.3 is 6.03 Å². The van der Waals surface area contributed by atoms with Crippen LogP contribution in [0.25, 0.3) is 0 Å². The lowest BCUT2D eigenvalue weighted by molar-refractivity contribution is 0.0415. The molecule has 10 heteroatoms. The number of urea groups is 1. The van der Waals surface area contributed by atoms with Crippen molar-refractivity contribution in [2.45, 2.75) is 39.0 Å². The Morgan fingerprint density at radius 2 is 2.07 bits per heavy atom. The summed E-state index contributed by atoms with van der Waals surface area (Å²) in [6, 6.07) is 4.06. The molecule has 0 aliphatic rings. The smallest absolute Gasteiger partial charge is 0.320 e. The lowest BCUT2D eigenvalue weighted by Gasteiger charge is -2.31. The number of methoxy groups -OCH3 is 1. The van der Waals surface area contributed by atoms with Crippen LogP contribution < -0.4 is 16.4 Å². The van der Waals surface area contributed by atoms with E-state index in [4.69, 9.17) is 15.9 Å². The molecule has 0 radical (unpaired) electrons. The average Bonchev–Trinajstić information content (AvgIpc) is 2.66. The minimum absolute atomic E-state index is 0.0338. The third-order valence-electron chi connectivity index (χ3n) is 4.44. The highest BCUT2D eigenvalue weighted by Gasteiger charge is 2.30. The Morgan fingerprint density at radius 1 is 1.40 bits per heavy atom. The molecule has 0 aliphatic carbocycles. The molecule has 0 saturated heterocycles. The van der Waals surface area contributed by atoms with Gasteiger partial charge in [-0.2, -0.15) is 0 Å². The van der Waals surface area contributed by atoms with Crippen LogP contribution in [-0.2, 0) is 11.3 Å². The van der Waals surface area contributed by atoms with Gasteiger partial charge in [-0.05, 0) is 38.0 Å². The number of pyridine rings is 1. The molecule has 2 aromatic rings. The molecule has 30 heavy (non-hydrogen) atoms. The number of nitrogens with zero attached hydrogens (tertiary/aromatic N) is 1. The summed E-state index contributed by atoms with van der Waals surface area (Å²) in [5.74, 6) is -0.629. The van der Waals surface area contributed by atoms with E-state index < -0.39 is 30.1 Å². The van der Waals surface area contributed by atoms with Crippen LogP contribution in [0.3, 0.4) is 0 Å². The van der Waals surface area contributed by atoms with Gasteiger partial charge in [-0.25, -0.2) is 14.2 Å². The van der Waals surface area contributed by atoms with Crippen molar-refractivity contribution in [2.75, 3.05) is 18.2 Å². The predicted octanol–water partition coefficient (Wildman–Crippen LogP) is 2.21. The van der Waals surface area contributed by atoms with Crippen molar-refractivity contribution in [3.63, 3.8) is 0 Å². The van der Waals surface area contributed by atoms with Gasteiger partial charge < -0.3 is 26.0 Å². The molecule has 1 heterocycles. The summed E-state index contributed by atoms with van der Waals surface area (Å²) in [5.41, 5.74) is 5.73. The van der Waals surface area contributed by atoms with E-state index in [1.54, 1.807) is 13.0 Å². The van der Waals surface area contributed by atoms with Gasteiger partial charge in [-0.1, -0.05) is 12.1 Å². The number of hydrogen-bond donors (Lipinski definition) is 6. The van der Waals surface area contributed by atoms with E-state index >= 15 is 0 Å². The molecule has 1 aromatic carbocycles. The molecule has 2 rings (SSSR count). The van der Waals surface area contributed by atoms with Crippen LogP contribution in [0, 0.1) is 18.2 Å². The lowest BCUT2D eigenvalue weighted by atomic mass is 9.91. The fourth-order valence-corrected chi connectivity index (χ4v) is 2.96. The van der Waals surface area contributed by atoms with Crippen LogP contribution in [0.5, 0.6) is 0 Å². The molecule has 162 valence electrons. The van der Waals surface area contributed by atoms with Crippen LogP contribution in [0.4, 0.5) is 20.7 Å². The SMILES string of the molecule is COC(=N)c1c(N)cc(NC(=O)N[C@@H](c2ccc(F)c(C)c2)C(C)(C)O)nc1CO. The Hall–Kier alpha value is -3.24. The molecule has 1 atom stereocenters. The molecule has 7 N–H and O–H groups in total. The molecule has 2 amide bonds. The minimum atomic E-state index is -1.36. The highest BCUT2D eigenvalue weighted by Crippen LogP contribution is 2.27. The van der Waals surface area contributed by atoms with Crippen molar-refractivity contribution in [3.8, 4) is 0 Å². The first-order valence-electron chi connectivity index (χ1n) is 9.07. The zero-order chi connectivity index (χ0) is 22.6. The Bertz CT molecular complexity index is 959. The van der Waals surface area contributed by atoms with Gasteiger partial charge in [0.25, 0.3) is 0 Å². The van der Waals surface area contributed by atoms with Gasteiger partial charge in [0.1, 0.15) is 11.6 Å². The third-order valence-corrected chi connectivity index (χ3v) is 4.44. The van der Waals surface area contributed by atoms with Crippen LogP contribution in [0.15, 0.2) is 24.3 Å². The molecule has 0 spiro atoms. The summed E-state index contributed by atoms with van der Waals surface area (Å²) in [7, 11) is 1.29. The summed E-state index contributed by atoms with van der Waals surface area (Å²) < 4.78 is 18.4. The third kappa shape index (κ3) is 5.22. The molecule has 0 aliphatic heterocycles. The quantitative estimate of drug-likeness (QED) is 0.312. The number of aliphatic hydroxyl groups excluding tert-OH is 1. The molecular weight excluding hydrogens is 393 g/mol. The summed E-state index contributed by atoms with van der Waals surface area (Å²) in [6.45, 7) is 4.09. The number of carbonyl (C=O) groups excluding carboxylic acids is 1. The Labute approximate surface area is 173 Å². The Kier molecular flexibility index (Phi) is 6.96. The van der Waals surface area contributed by atoms with E-state index in [1.807, 2.05) is 0 Å². The Morgan fingerprint density at radius 3 is 2.60 bits per heavy atom. The van der Waals surface area contributed by atoms with Crippen molar-refractivity contribution in [2.24, 2.45) is 0 Å². The number of rotatable bonds is 6. The number of hydrogen-bond acceptors (Lipinski definition) is 7. The summed E-state index contributed by atoms with van der Waals surface area (Å²) in [5, 5.41) is 32.9. The monoisotopic (exact) mass is 419 g/mol. The van der Waals surface area contributed by atoms with Crippen LogP contribution in [-0.4, -0.2) is 39.8 Å². The summed E-state index contributed by atoms with van der Waals surface area (Å²) in [4.78, 5) is 16.7. The second-order valence-corrected chi connectivity index (χ2v) is 7.30. The minimum Gasteiger partial charge on any atom is -0.481 e. The normalized spacial score (nSPS) is 12.2. The number of aryl methyl sites for hydroxylation is 1. The number of halogens is 1. The molecular formula is C20H26FN5O4. The van der Waals surface area contributed by atoms with Crippen LogP contribution in [0.2, 0.25) is 0 Å². The van der Waals surface area contributed by atoms with Crippen molar-refractivity contribution in [3.05, 3.63) is 52.5 Å². The number of nitrogen functional groups attached to an aromatic ring is 1. The fourth-order valence-electron chi connectivity index (χ4n) is 2.96. The number of nitrogens with two attached hydrogens (primary N) is 1. The molecule has 0 saturated carbocycles. The molecule has 0 bridgehead atoms. The molecule has 1 aromatic heterocycles. The molecule has 9 nitrogen and oxygen atoms in total. The first kappa shape index (κ1) is 23.0. The number of nitrogens with one attached hydrogen (secondary N) is 3. The summed E-state index contributed by atoms with van der Waals surface area (Å²) in [6.07, 6.45) is 0. The van der Waals surface area contributed by atoms with Crippen LogP contribution >= 0.6 is 0 Å². The van der Waals surface area contributed by atoms with Gasteiger partial charge in [0.15, 0.2) is 0 Å². The molecule has 0 fully saturated rings. The van der Waals surface area contributed by atoms with Crippen molar-refractivity contribution < 1.29 is 24.1 Å². The zero-order valence-electron chi connectivity index (χ0n) is 17.2. The van der Waals surface area contributed by atoms with Gasteiger partial charge in [-0.3, -0.25) is 10.7 Å². The largest absolute Gasteiger partial charge is 0.481 e. The lowest BCUT2D eigenvalue weighted by Crippen LogP contribution is -2.44. The number of ether oxygens (including phenoxy) is 1. The second kappa shape index (κ2) is 9.06. The van der Waals surface area contributed by atoms with Crippen LogP contribution in [0.1, 0.15) is 42.3 Å². The van der Waals surface area contributed by atoms with E-state index in [2.05, 4.69) is 15.6 Å². The maximum Gasteiger partial charge on any atom is 0.320 e. The number of anilines is 2. The number of aromatic nitrogens is 1. The standard InChI is InChI=1S/C20H26FN5O4/c1-10-7-11(5-6-12(10)21)17(20(2,3)29)26-19(28)25-15-8-13(22)16(18(23)30-4)14(9-27)24-15/h5-8,17,23,27,29H,9H2,1-4H3,(H4,22,24,25,26,28)/t17-/m0/s1. The number of aliphatic hydroxyl groups is 2. The maximum atomic E-state index is 13.6. The van der Waals surface area contributed by atoms with Gasteiger partial charge in [0.2, 0.25) is 5.90 Å². The van der Waals surface area contributed by atoms with E-state index in [0.717, 1.165) is 0 Å². The number of amides is 2. The summed E-state index contributed by atoms with van der Waals surface area (Å²) >= 11 is 0. The van der Waals surface area contributed by atoms with E-state index in [9.17, 15) is 19.4 Å². The highest BCUT2D eigenvalue weighted by molar-refractivity contribution is 5.99. The predicted molar refractivity (Wildman–Crippen MR) is 111 cm³/mol. The highest BCUT2D eigenvalue weighted by atomic mass is 19.1.